The number of amides is 1. The largest absolute Gasteiger partial charge is 0.497 e. The van der Waals surface area contributed by atoms with Gasteiger partial charge in [0.2, 0.25) is 0 Å². The Kier molecular flexibility index (Phi) is 5.49. The van der Waals surface area contributed by atoms with E-state index >= 15 is 0 Å². The maximum atomic E-state index is 13.4. The summed E-state index contributed by atoms with van der Waals surface area (Å²) in [7, 11) is 1.63. The lowest BCUT2D eigenvalue weighted by molar-refractivity contribution is 0.0974. The van der Waals surface area contributed by atoms with Gasteiger partial charge in [0.25, 0.3) is 5.91 Å². The third-order valence-corrected chi connectivity index (χ3v) is 5.78. The van der Waals surface area contributed by atoms with Gasteiger partial charge in [-0.15, -0.1) is 0 Å². The summed E-state index contributed by atoms with van der Waals surface area (Å²) in [5.74, 6) is 0.765. The van der Waals surface area contributed by atoms with Crippen molar-refractivity contribution in [3.8, 4) is 5.75 Å². The molecule has 0 saturated carbocycles. The van der Waals surface area contributed by atoms with Crippen molar-refractivity contribution in [3.05, 3.63) is 89.0 Å². The zero-order chi connectivity index (χ0) is 21.3. The Bertz CT molecular complexity index is 1040. The number of rotatable bonds is 4. The van der Waals surface area contributed by atoms with Crippen LogP contribution in [0.15, 0.2) is 66.7 Å². The van der Waals surface area contributed by atoms with Crippen LogP contribution >= 0.6 is 0 Å². The highest BCUT2D eigenvalue weighted by molar-refractivity contribution is 6.07. The number of carbonyl (C=O) groups excluding carboxylic acids is 1. The molecule has 3 aromatic rings. The fraction of sp³-hybridized carbons (Fsp3) is 0.269. The average molecular weight is 401 g/mol. The third kappa shape index (κ3) is 3.90. The van der Waals surface area contributed by atoms with Gasteiger partial charge in [-0.1, -0.05) is 35.4 Å². The molecule has 1 aliphatic heterocycles. The summed E-state index contributed by atoms with van der Waals surface area (Å²) in [6.07, 6.45) is 0.840. The van der Waals surface area contributed by atoms with E-state index in [9.17, 15) is 4.79 Å². The molecule has 1 aliphatic rings. The second kappa shape index (κ2) is 8.23. The number of hydrogen-bond acceptors (Lipinski definition) is 3. The molecule has 4 nitrogen and oxygen atoms in total. The Labute approximate surface area is 178 Å². The molecule has 0 aromatic heterocycles. The second-order valence-electron chi connectivity index (χ2n) is 8.11. The molecule has 0 aliphatic carbocycles. The number of fused-ring (bicyclic) bond motifs is 1. The lowest BCUT2D eigenvalue weighted by atomic mass is 9.89. The van der Waals surface area contributed by atoms with E-state index in [0.717, 1.165) is 29.1 Å². The number of benzene rings is 3. The highest BCUT2D eigenvalue weighted by Crippen LogP contribution is 2.40. The van der Waals surface area contributed by atoms with Gasteiger partial charge in [-0.2, -0.15) is 0 Å². The van der Waals surface area contributed by atoms with E-state index in [2.05, 4.69) is 68.6 Å². The van der Waals surface area contributed by atoms with Crippen LogP contribution in [-0.2, 0) is 0 Å². The van der Waals surface area contributed by atoms with Crippen LogP contribution in [0, 0.1) is 13.8 Å². The number of methoxy groups -OCH3 is 1. The number of ether oxygens (including phenoxy) is 1. The molecule has 0 unspecified atom stereocenters. The van der Waals surface area contributed by atoms with Gasteiger partial charge in [-0.3, -0.25) is 4.79 Å². The SMILES string of the molecule is COc1ccc(C(=O)N2c3ccc(C)cc3[C@@H](Nc3ccc(C)cc3)C[C@@H]2C)cc1. The first kappa shape index (κ1) is 20.0. The van der Waals surface area contributed by atoms with Crippen molar-refractivity contribution < 1.29 is 9.53 Å². The van der Waals surface area contributed by atoms with Crippen molar-refractivity contribution in [3.63, 3.8) is 0 Å². The first-order chi connectivity index (χ1) is 14.5. The number of carbonyl (C=O) groups is 1. The molecule has 0 fully saturated rings. The quantitative estimate of drug-likeness (QED) is 0.592. The molecule has 1 N–H and O–H groups in total. The first-order valence-corrected chi connectivity index (χ1v) is 10.4. The van der Waals surface area contributed by atoms with Crippen LogP contribution in [-0.4, -0.2) is 19.1 Å². The topological polar surface area (TPSA) is 41.6 Å². The van der Waals surface area contributed by atoms with Gasteiger partial charge in [-0.05, 0) is 75.2 Å². The van der Waals surface area contributed by atoms with Crippen molar-refractivity contribution in [2.75, 3.05) is 17.3 Å². The van der Waals surface area contributed by atoms with Crippen LogP contribution in [0.2, 0.25) is 0 Å². The smallest absolute Gasteiger partial charge is 0.258 e. The van der Waals surface area contributed by atoms with Crippen LogP contribution in [0.4, 0.5) is 11.4 Å². The molecule has 0 spiro atoms. The fourth-order valence-corrected chi connectivity index (χ4v) is 4.15. The molecular weight excluding hydrogens is 372 g/mol. The summed E-state index contributed by atoms with van der Waals surface area (Å²) < 4.78 is 5.23. The van der Waals surface area contributed by atoms with Gasteiger partial charge >= 0.3 is 0 Å². The Hall–Kier alpha value is -3.27. The Balaban J connectivity index is 1.68. The van der Waals surface area contributed by atoms with E-state index < -0.39 is 0 Å². The van der Waals surface area contributed by atoms with Crippen molar-refractivity contribution in [2.24, 2.45) is 0 Å². The number of hydrogen-bond donors (Lipinski definition) is 1. The van der Waals surface area contributed by atoms with Gasteiger partial charge in [0.15, 0.2) is 0 Å². The van der Waals surface area contributed by atoms with Gasteiger partial charge in [0.05, 0.1) is 13.2 Å². The Morgan fingerprint density at radius 3 is 2.30 bits per heavy atom. The van der Waals surface area contributed by atoms with E-state index in [-0.39, 0.29) is 18.0 Å². The highest BCUT2D eigenvalue weighted by Gasteiger charge is 2.34. The minimum Gasteiger partial charge on any atom is -0.497 e. The molecule has 1 heterocycles. The van der Waals surface area contributed by atoms with E-state index in [1.807, 2.05) is 29.2 Å². The fourth-order valence-electron chi connectivity index (χ4n) is 4.15. The predicted molar refractivity (Wildman–Crippen MR) is 123 cm³/mol. The molecule has 1 amide bonds. The van der Waals surface area contributed by atoms with E-state index in [0.29, 0.717) is 5.56 Å². The van der Waals surface area contributed by atoms with Gasteiger partial charge in [0, 0.05) is 23.0 Å². The molecule has 4 heteroatoms. The van der Waals surface area contributed by atoms with E-state index in [4.69, 9.17) is 4.74 Å². The number of aryl methyl sites for hydroxylation is 2. The second-order valence-corrected chi connectivity index (χ2v) is 8.11. The maximum Gasteiger partial charge on any atom is 0.258 e. The zero-order valence-electron chi connectivity index (χ0n) is 18.0. The Morgan fingerprint density at radius 1 is 0.967 bits per heavy atom. The summed E-state index contributed by atoms with van der Waals surface area (Å²) in [5, 5.41) is 3.68. The molecule has 30 heavy (non-hydrogen) atoms. The van der Waals surface area contributed by atoms with Crippen LogP contribution in [0.1, 0.15) is 46.4 Å². The van der Waals surface area contributed by atoms with Crippen molar-refractivity contribution in [1.82, 2.24) is 0 Å². The first-order valence-electron chi connectivity index (χ1n) is 10.4. The minimum atomic E-state index is 0.0176. The molecule has 0 radical (unpaired) electrons. The normalized spacial score (nSPS) is 17.9. The highest BCUT2D eigenvalue weighted by atomic mass is 16.5. The van der Waals surface area contributed by atoms with Crippen LogP contribution in [0.25, 0.3) is 0 Å². The third-order valence-electron chi connectivity index (χ3n) is 5.78. The zero-order valence-corrected chi connectivity index (χ0v) is 18.0. The molecule has 0 saturated heterocycles. The summed E-state index contributed by atoms with van der Waals surface area (Å²) in [5.41, 5.74) is 6.33. The summed E-state index contributed by atoms with van der Waals surface area (Å²) in [6.45, 7) is 6.30. The number of nitrogens with one attached hydrogen (secondary N) is 1. The van der Waals surface area contributed by atoms with Crippen molar-refractivity contribution in [1.29, 1.82) is 0 Å². The maximum absolute atomic E-state index is 13.4. The molecular formula is C26H28N2O2. The van der Waals surface area contributed by atoms with Crippen molar-refractivity contribution >= 4 is 17.3 Å². The van der Waals surface area contributed by atoms with Gasteiger partial charge in [0.1, 0.15) is 5.75 Å². The van der Waals surface area contributed by atoms with Crippen LogP contribution < -0.4 is 15.0 Å². The molecule has 4 rings (SSSR count). The minimum absolute atomic E-state index is 0.0176. The van der Waals surface area contributed by atoms with Crippen molar-refractivity contribution in [2.45, 2.75) is 39.3 Å². The summed E-state index contributed by atoms with van der Waals surface area (Å²) in [4.78, 5) is 15.4. The van der Waals surface area contributed by atoms with Crippen LogP contribution in [0.3, 0.4) is 0 Å². The number of anilines is 2. The molecule has 2 atom stereocenters. The van der Waals surface area contributed by atoms with Gasteiger partial charge in [-0.25, -0.2) is 0 Å². The molecule has 3 aromatic carbocycles. The lowest BCUT2D eigenvalue weighted by Gasteiger charge is -2.40. The standard InChI is InChI=1S/C26H28N2O2/c1-17-5-10-21(11-6-17)27-24-16-19(3)28(25-14-7-18(2)15-23(24)25)26(29)20-8-12-22(30-4)13-9-20/h5-15,19,24,27H,16H2,1-4H3/t19-,24-/m0/s1. The number of nitrogens with zero attached hydrogens (tertiary/aromatic N) is 1. The lowest BCUT2D eigenvalue weighted by Crippen LogP contribution is -2.44. The summed E-state index contributed by atoms with van der Waals surface area (Å²) in [6, 6.07) is 22.4. The van der Waals surface area contributed by atoms with Gasteiger partial charge < -0.3 is 15.0 Å². The molecule has 0 bridgehead atoms. The monoisotopic (exact) mass is 400 g/mol. The van der Waals surface area contributed by atoms with Crippen LogP contribution in [0.5, 0.6) is 5.75 Å². The average Bonchev–Trinajstić information content (AvgIpc) is 2.75. The van der Waals surface area contributed by atoms with E-state index in [1.165, 1.54) is 11.1 Å². The summed E-state index contributed by atoms with van der Waals surface area (Å²) >= 11 is 0. The van der Waals surface area contributed by atoms with E-state index in [1.54, 1.807) is 7.11 Å². The molecule has 154 valence electrons. The Morgan fingerprint density at radius 2 is 1.63 bits per heavy atom. The predicted octanol–water partition coefficient (Wildman–Crippen LogP) is 5.90.